The Hall–Kier alpha value is -3.03. The summed E-state index contributed by atoms with van der Waals surface area (Å²) in [5.41, 5.74) is 5.01. The fourth-order valence-corrected chi connectivity index (χ4v) is 3.62. The van der Waals surface area contributed by atoms with Crippen LogP contribution in [-0.2, 0) is 6.61 Å². The molecule has 2 aromatic heterocycles. The Labute approximate surface area is 164 Å². The van der Waals surface area contributed by atoms with Crippen LogP contribution in [0.25, 0.3) is 10.6 Å². The quantitative estimate of drug-likeness (QED) is 0.495. The molecule has 7 heteroatoms. The Morgan fingerprint density at radius 3 is 2.52 bits per heavy atom. The average molecular weight is 393 g/mol. The summed E-state index contributed by atoms with van der Waals surface area (Å²) in [6.07, 6.45) is 1.78. The molecule has 0 saturated carbocycles. The van der Waals surface area contributed by atoms with Crippen LogP contribution >= 0.6 is 22.7 Å². The summed E-state index contributed by atoms with van der Waals surface area (Å²) >= 11 is 3.12. The minimum Gasteiger partial charge on any atom is -0.487 e. The standard InChI is InChI=1S/C20H15N3O2S2/c24-19(23-16-5-1-15(2-6-16)20-21-9-10-27-20)14-3-7-18(8-4-14)25-11-17-12-26-13-22-17/h1-10,12-13H,11H2,(H,23,24). The second kappa shape index (κ2) is 8.11. The number of rotatable bonds is 6. The molecule has 0 aliphatic heterocycles. The number of ether oxygens (including phenoxy) is 1. The van der Waals surface area contributed by atoms with Crippen LogP contribution < -0.4 is 10.1 Å². The molecular formula is C20H15N3O2S2. The fraction of sp³-hybridized carbons (Fsp3) is 0.0500. The number of anilines is 1. The molecule has 0 bridgehead atoms. The van der Waals surface area contributed by atoms with Crippen molar-refractivity contribution in [1.29, 1.82) is 0 Å². The van der Waals surface area contributed by atoms with Crippen molar-refractivity contribution >= 4 is 34.3 Å². The van der Waals surface area contributed by atoms with Crippen molar-refractivity contribution in [3.63, 3.8) is 0 Å². The van der Waals surface area contributed by atoms with Gasteiger partial charge < -0.3 is 10.1 Å². The monoisotopic (exact) mass is 393 g/mol. The van der Waals surface area contributed by atoms with Crippen molar-refractivity contribution in [2.75, 3.05) is 5.32 Å². The highest BCUT2D eigenvalue weighted by atomic mass is 32.1. The third-order valence-electron chi connectivity index (χ3n) is 3.81. The molecule has 2 aromatic carbocycles. The molecule has 1 amide bonds. The van der Waals surface area contributed by atoms with E-state index in [0.29, 0.717) is 17.9 Å². The molecular weight excluding hydrogens is 378 g/mol. The Balaban J connectivity index is 1.36. The summed E-state index contributed by atoms with van der Waals surface area (Å²) in [6, 6.07) is 14.7. The maximum Gasteiger partial charge on any atom is 0.255 e. The van der Waals surface area contributed by atoms with E-state index in [1.807, 2.05) is 35.0 Å². The predicted octanol–water partition coefficient (Wildman–Crippen LogP) is 5.10. The number of benzene rings is 2. The highest BCUT2D eigenvalue weighted by molar-refractivity contribution is 7.13. The molecule has 4 aromatic rings. The van der Waals surface area contributed by atoms with Crippen LogP contribution in [0.1, 0.15) is 16.1 Å². The van der Waals surface area contributed by atoms with Crippen molar-refractivity contribution in [2.45, 2.75) is 6.61 Å². The third-order valence-corrected chi connectivity index (χ3v) is 5.27. The van der Waals surface area contributed by atoms with Gasteiger partial charge >= 0.3 is 0 Å². The molecule has 0 unspecified atom stereocenters. The van der Waals surface area contributed by atoms with Crippen molar-refractivity contribution in [3.05, 3.63) is 82.3 Å². The number of nitrogens with zero attached hydrogens (tertiary/aromatic N) is 2. The van der Waals surface area contributed by atoms with E-state index in [-0.39, 0.29) is 5.91 Å². The van der Waals surface area contributed by atoms with Crippen LogP contribution in [0.3, 0.4) is 0 Å². The minimum absolute atomic E-state index is 0.164. The van der Waals surface area contributed by atoms with Gasteiger partial charge in [0.05, 0.1) is 11.2 Å². The van der Waals surface area contributed by atoms with Gasteiger partial charge in [-0.15, -0.1) is 22.7 Å². The van der Waals surface area contributed by atoms with E-state index in [0.717, 1.165) is 22.0 Å². The Morgan fingerprint density at radius 1 is 1.04 bits per heavy atom. The third kappa shape index (κ3) is 4.39. The van der Waals surface area contributed by atoms with Gasteiger partial charge in [-0.25, -0.2) is 9.97 Å². The van der Waals surface area contributed by atoms with Crippen molar-refractivity contribution in [3.8, 4) is 16.3 Å². The Bertz CT molecular complexity index is 997. The van der Waals surface area contributed by atoms with E-state index in [1.165, 1.54) is 11.3 Å². The molecule has 4 rings (SSSR count). The van der Waals surface area contributed by atoms with Crippen LogP contribution in [0.4, 0.5) is 5.69 Å². The smallest absolute Gasteiger partial charge is 0.255 e. The summed E-state index contributed by atoms with van der Waals surface area (Å²) in [7, 11) is 0. The molecule has 0 aliphatic rings. The number of carbonyl (C=O) groups excluding carboxylic acids is 1. The molecule has 1 N–H and O–H groups in total. The van der Waals surface area contributed by atoms with E-state index in [4.69, 9.17) is 4.74 Å². The number of aromatic nitrogens is 2. The number of thiazole rings is 2. The first-order valence-corrected chi connectivity index (χ1v) is 10.0. The van der Waals surface area contributed by atoms with E-state index >= 15 is 0 Å². The Morgan fingerprint density at radius 2 is 1.85 bits per heavy atom. The van der Waals surface area contributed by atoms with Gasteiger partial charge in [0.1, 0.15) is 17.4 Å². The van der Waals surface area contributed by atoms with E-state index in [2.05, 4.69) is 15.3 Å². The van der Waals surface area contributed by atoms with Gasteiger partial charge in [0.25, 0.3) is 5.91 Å². The lowest BCUT2D eigenvalue weighted by Gasteiger charge is -2.08. The molecule has 2 heterocycles. The zero-order valence-corrected chi connectivity index (χ0v) is 15.8. The maximum atomic E-state index is 12.4. The van der Waals surface area contributed by atoms with Gasteiger partial charge in [-0.05, 0) is 48.5 Å². The maximum absolute atomic E-state index is 12.4. The number of carbonyl (C=O) groups is 1. The van der Waals surface area contributed by atoms with Crippen LogP contribution in [0.5, 0.6) is 5.75 Å². The van der Waals surface area contributed by atoms with Crippen molar-refractivity contribution in [2.24, 2.45) is 0 Å². The lowest BCUT2D eigenvalue weighted by molar-refractivity contribution is 0.102. The largest absolute Gasteiger partial charge is 0.487 e. The number of nitrogens with one attached hydrogen (secondary N) is 1. The highest BCUT2D eigenvalue weighted by Gasteiger charge is 2.07. The lowest BCUT2D eigenvalue weighted by Crippen LogP contribution is -2.11. The van der Waals surface area contributed by atoms with Gasteiger partial charge in [0.2, 0.25) is 0 Å². The number of amides is 1. The van der Waals surface area contributed by atoms with Gasteiger partial charge in [-0.3, -0.25) is 4.79 Å². The first kappa shape index (κ1) is 17.4. The second-order valence-electron chi connectivity index (χ2n) is 5.66. The van der Waals surface area contributed by atoms with Crippen LogP contribution in [0.2, 0.25) is 0 Å². The highest BCUT2D eigenvalue weighted by Crippen LogP contribution is 2.23. The van der Waals surface area contributed by atoms with E-state index in [1.54, 1.807) is 47.3 Å². The molecule has 0 atom stereocenters. The molecule has 27 heavy (non-hydrogen) atoms. The van der Waals surface area contributed by atoms with E-state index in [9.17, 15) is 4.79 Å². The summed E-state index contributed by atoms with van der Waals surface area (Å²) < 4.78 is 5.66. The topological polar surface area (TPSA) is 64.1 Å². The molecule has 0 radical (unpaired) electrons. The second-order valence-corrected chi connectivity index (χ2v) is 7.27. The van der Waals surface area contributed by atoms with Crippen LogP contribution in [0.15, 0.2) is 71.0 Å². The lowest BCUT2D eigenvalue weighted by atomic mass is 10.2. The van der Waals surface area contributed by atoms with Crippen molar-refractivity contribution < 1.29 is 9.53 Å². The first-order valence-electron chi connectivity index (χ1n) is 8.19. The molecule has 134 valence electrons. The van der Waals surface area contributed by atoms with Crippen LogP contribution in [0, 0.1) is 0 Å². The summed E-state index contributed by atoms with van der Waals surface area (Å²) in [4.78, 5) is 20.9. The zero-order chi connectivity index (χ0) is 18.5. The SMILES string of the molecule is O=C(Nc1ccc(-c2nccs2)cc1)c1ccc(OCc2cscn2)cc1. The van der Waals surface area contributed by atoms with E-state index < -0.39 is 0 Å². The summed E-state index contributed by atoms with van der Waals surface area (Å²) in [5, 5.41) is 7.74. The predicted molar refractivity (Wildman–Crippen MR) is 108 cm³/mol. The molecule has 0 aliphatic carbocycles. The number of hydrogen-bond donors (Lipinski definition) is 1. The van der Waals surface area contributed by atoms with Gasteiger partial charge in [-0.2, -0.15) is 0 Å². The zero-order valence-electron chi connectivity index (χ0n) is 14.2. The summed E-state index contributed by atoms with van der Waals surface area (Å²) in [6.45, 7) is 0.417. The average Bonchev–Trinajstić information content (AvgIpc) is 3.41. The first-order chi connectivity index (χ1) is 13.3. The molecule has 0 fully saturated rings. The van der Waals surface area contributed by atoms with Crippen LogP contribution in [-0.4, -0.2) is 15.9 Å². The molecule has 5 nitrogen and oxygen atoms in total. The summed E-state index contributed by atoms with van der Waals surface area (Å²) in [5.74, 6) is 0.537. The van der Waals surface area contributed by atoms with Crippen molar-refractivity contribution in [1.82, 2.24) is 9.97 Å². The molecule has 0 spiro atoms. The van der Waals surface area contributed by atoms with Gasteiger partial charge in [-0.1, -0.05) is 0 Å². The Kier molecular flexibility index (Phi) is 5.22. The van der Waals surface area contributed by atoms with Gasteiger partial charge in [0, 0.05) is 33.8 Å². The minimum atomic E-state index is -0.164. The normalized spacial score (nSPS) is 10.5. The molecule has 0 saturated heterocycles. The fourth-order valence-electron chi connectivity index (χ4n) is 2.43. The number of hydrogen-bond acceptors (Lipinski definition) is 6. The van der Waals surface area contributed by atoms with Gasteiger partial charge in [0.15, 0.2) is 0 Å².